The minimum absolute atomic E-state index is 0.944. The molecule has 0 amide bonds. The average molecular weight is 662 g/mol. The van der Waals surface area contributed by atoms with Crippen molar-refractivity contribution in [2.24, 2.45) is 0 Å². The van der Waals surface area contributed by atoms with Gasteiger partial charge in [-0.25, -0.2) is 4.98 Å². The van der Waals surface area contributed by atoms with Crippen molar-refractivity contribution in [1.82, 2.24) is 14.1 Å². The van der Waals surface area contributed by atoms with E-state index in [1.54, 1.807) is 0 Å². The van der Waals surface area contributed by atoms with Gasteiger partial charge in [0.15, 0.2) is 0 Å². The quantitative estimate of drug-likeness (QED) is 0.172. The fourth-order valence-corrected chi connectivity index (χ4v) is 8.41. The molecule has 0 atom stereocenters. The third-order valence-electron chi connectivity index (χ3n) is 10.6. The van der Waals surface area contributed by atoms with E-state index in [1.807, 2.05) is 0 Å². The van der Waals surface area contributed by atoms with Crippen molar-refractivity contribution in [1.29, 1.82) is 0 Å². The number of aromatic nitrogens is 3. The number of para-hydroxylation sites is 2. The van der Waals surface area contributed by atoms with Crippen LogP contribution in [0.2, 0.25) is 0 Å². The summed E-state index contributed by atoms with van der Waals surface area (Å²) in [7, 11) is 0. The first-order chi connectivity index (χ1) is 25.8. The number of nitrogens with zero attached hydrogens (tertiary/aromatic N) is 3. The van der Waals surface area contributed by atoms with Gasteiger partial charge in [-0.15, -0.1) is 0 Å². The summed E-state index contributed by atoms with van der Waals surface area (Å²) < 4.78 is 4.99. The standard InChI is InChI=1S/C49H31N3/c1-3-15-32(16-4-1)42-30-36(31-43(50-42)33-17-5-2-6-18-33)51-44-25-13-11-23-39(44)40-27-28-46-47(49(40)51)41-24-12-14-26-45(41)52(46)48-37-21-9-7-19-34(37)29-35-20-8-10-22-38(35)48/h1-31H. The number of fused-ring (bicyclic) bond motifs is 9. The van der Waals surface area contributed by atoms with Gasteiger partial charge < -0.3 is 9.13 Å². The summed E-state index contributed by atoms with van der Waals surface area (Å²) in [6.45, 7) is 0. The minimum Gasteiger partial charge on any atom is -0.308 e. The smallest absolute Gasteiger partial charge is 0.0730 e. The summed E-state index contributed by atoms with van der Waals surface area (Å²) in [4.78, 5) is 5.24. The van der Waals surface area contributed by atoms with Crippen molar-refractivity contribution in [2.45, 2.75) is 0 Å². The van der Waals surface area contributed by atoms with Gasteiger partial charge in [0.05, 0.1) is 44.8 Å². The normalized spacial score (nSPS) is 11.8. The Balaban J connectivity index is 1.32. The maximum absolute atomic E-state index is 5.24. The second kappa shape index (κ2) is 11.3. The van der Waals surface area contributed by atoms with Crippen LogP contribution in [0.5, 0.6) is 0 Å². The highest BCUT2D eigenvalue weighted by atomic mass is 15.0. The van der Waals surface area contributed by atoms with E-state index in [0.29, 0.717) is 0 Å². The van der Waals surface area contributed by atoms with Gasteiger partial charge >= 0.3 is 0 Å². The second-order valence-corrected chi connectivity index (χ2v) is 13.6. The molecule has 3 aromatic heterocycles. The van der Waals surface area contributed by atoms with Crippen molar-refractivity contribution in [3.63, 3.8) is 0 Å². The monoisotopic (exact) mass is 661 g/mol. The zero-order valence-electron chi connectivity index (χ0n) is 28.2. The summed E-state index contributed by atoms with van der Waals surface area (Å²) in [5, 5.41) is 9.86. The van der Waals surface area contributed by atoms with Gasteiger partial charge in [-0.2, -0.15) is 0 Å². The first-order valence-corrected chi connectivity index (χ1v) is 17.8. The van der Waals surface area contributed by atoms with Crippen LogP contribution >= 0.6 is 0 Å². The van der Waals surface area contributed by atoms with Gasteiger partial charge in [0.25, 0.3) is 0 Å². The Morgan fingerprint density at radius 2 is 0.846 bits per heavy atom. The molecule has 0 fully saturated rings. The van der Waals surface area contributed by atoms with Crippen molar-refractivity contribution in [2.75, 3.05) is 0 Å². The van der Waals surface area contributed by atoms with Gasteiger partial charge in [-0.05, 0) is 47.2 Å². The van der Waals surface area contributed by atoms with E-state index < -0.39 is 0 Å². The molecule has 0 N–H and O–H groups in total. The van der Waals surface area contributed by atoms with Crippen molar-refractivity contribution in [3.8, 4) is 33.9 Å². The van der Waals surface area contributed by atoms with Gasteiger partial charge in [0.1, 0.15) is 0 Å². The number of hydrogen-bond acceptors (Lipinski definition) is 1. The molecule has 0 aliphatic carbocycles. The van der Waals surface area contributed by atoms with E-state index in [0.717, 1.165) is 28.2 Å². The Bertz CT molecular complexity index is 3060. The Labute approximate surface area is 300 Å². The van der Waals surface area contributed by atoms with E-state index >= 15 is 0 Å². The van der Waals surface area contributed by atoms with E-state index in [1.165, 1.54) is 70.8 Å². The highest BCUT2D eigenvalue weighted by molar-refractivity contribution is 6.27. The van der Waals surface area contributed by atoms with Crippen LogP contribution in [0.3, 0.4) is 0 Å². The Hall–Kier alpha value is -6.97. The summed E-state index contributed by atoms with van der Waals surface area (Å²) in [6.07, 6.45) is 0. The zero-order chi connectivity index (χ0) is 34.2. The Morgan fingerprint density at radius 1 is 0.346 bits per heavy atom. The topological polar surface area (TPSA) is 22.8 Å². The van der Waals surface area contributed by atoms with Crippen LogP contribution in [0.25, 0.3) is 99.0 Å². The van der Waals surface area contributed by atoms with Crippen molar-refractivity contribution >= 4 is 65.2 Å². The van der Waals surface area contributed by atoms with Crippen LogP contribution < -0.4 is 0 Å². The number of hydrogen-bond donors (Lipinski definition) is 0. The fourth-order valence-electron chi connectivity index (χ4n) is 8.41. The lowest BCUT2D eigenvalue weighted by Crippen LogP contribution is -1.99. The molecule has 0 bridgehead atoms. The first kappa shape index (κ1) is 28.8. The van der Waals surface area contributed by atoms with E-state index in [2.05, 4.69) is 197 Å². The molecule has 0 saturated carbocycles. The summed E-state index contributed by atoms with van der Waals surface area (Å²) in [6, 6.07) is 67.8. The van der Waals surface area contributed by atoms with Crippen LogP contribution in [-0.4, -0.2) is 14.1 Å². The fraction of sp³-hybridized carbons (Fsp3) is 0. The molecule has 0 radical (unpaired) electrons. The molecular formula is C49H31N3. The third kappa shape index (κ3) is 4.23. The molecule has 0 saturated heterocycles. The number of pyridine rings is 1. The summed E-state index contributed by atoms with van der Waals surface area (Å²) in [5.74, 6) is 0. The first-order valence-electron chi connectivity index (χ1n) is 17.8. The molecule has 242 valence electrons. The molecule has 3 heterocycles. The van der Waals surface area contributed by atoms with Crippen molar-refractivity contribution < 1.29 is 0 Å². The lowest BCUT2D eigenvalue weighted by molar-refractivity contribution is 1.16. The summed E-state index contributed by atoms with van der Waals surface area (Å²) in [5.41, 5.74) is 11.1. The highest BCUT2D eigenvalue weighted by Gasteiger charge is 2.23. The molecule has 0 unspecified atom stereocenters. The largest absolute Gasteiger partial charge is 0.308 e. The molecule has 11 rings (SSSR count). The lowest BCUT2D eigenvalue weighted by Gasteiger charge is -2.16. The predicted molar refractivity (Wildman–Crippen MR) is 219 cm³/mol. The molecule has 0 aliphatic rings. The zero-order valence-corrected chi connectivity index (χ0v) is 28.2. The molecule has 3 heteroatoms. The second-order valence-electron chi connectivity index (χ2n) is 13.6. The molecule has 8 aromatic carbocycles. The molecule has 0 spiro atoms. The third-order valence-corrected chi connectivity index (χ3v) is 10.6. The molecule has 11 aromatic rings. The maximum Gasteiger partial charge on any atom is 0.0730 e. The number of rotatable bonds is 4. The van der Waals surface area contributed by atoms with Crippen LogP contribution in [0, 0.1) is 0 Å². The van der Waals surface area contributed by atoms with E-state index in [4.69, 9.17) is 4.98 Å². The van der Waals surface area contributed by atoms with Gasteiger partial charge in [0.2, 0.25) is 0 Å². The van der Waals surface area contributed by atoms with Crippen LogP contribution in [-0.2, 0) is 0 Å². The van der Waals surface area contributed by atoms with Crippen molar-refractivity contribution in [3.05, 3.63) is 188 Å². The van der Waals surface area contributed by atoms with Gasteiger partial charge in [-0.3, -0.25) is 0 Å². The van der Waals surface area contributed by atoms with Gasteiger partial charge in [-0.1, -0.05) is 152 Å². The maximum atomic E-state index is 5.24. The molecule has 52 heavy (non-hydrogen) atoms. The predicted octanol–water partition coefficient (Wildman–Crippen LogP) is 12.9. The average Bonchev–Trinajstić information content (AvgIpc) is 3.73. The van der Waals surface area contributed by atoms with E-state index in [9.17, 15) is 0 Å². The Kier molecular flexibility index (Phi) is 6.25. The van der Waals surface area contributed by atoms with Crippen LogP contribution in [0.1, 0.15) is 0 Å². The molecule has 0 aliphatic heterocycles. The summed E-state index contributed by atoms with van der Waals surface area (Å²) >= 11 is 0. The minimum atomic E-state index is 0.944. The van der Waals surface area contributed by atoms with Gasteiger partial charge in [0, 0.05) is 43.4 Å². The SMILES string of the molecule is c1ccc(-c2cc(-n3c4ccccc4c4ccc5c(c6ccccc6n5-c5c6ccccc6cc6ccccc56)c43)cc(-c3ccccc3)n2)cc1. The molecule has 3 nitrogen and oxygen atoms in total. The van der Waals surface area contributed by atoms with Crippen LogP contribution in [0.15, 0.2) is 188 Å². The van der Waals surface area contributed by atoms with E-state index in [-0.39, 0.29) is 0 Å². The van der Waals surface area contributed by atoms with Crippen LogP contribution in [0.4, 0.5) is 0 Å². The highest BCUT2D eigenvalue weighted by Crippen LogP contribution is 2.44. The molecular weight excluding hydrogens is 631 g/mol. The lowest BCUT2D eigenvalue weighted by atomic mass is 10.0. The number of benzene rings is 8. The Morgan fingerprint density at radius 3 is 1.46 bits per heavy atom.